The molecule has 0 unspecified atom stereocenters. The highest BCUT2D eigenvalue weighted by Gasteiger charge is 2.13. The van der Waals surface area contributed by atoms with Crippen LogP contribution in [0, 0.1) is 9.39 Å². The lowest BCUT2D eigenvalue weighted by Crippen LogP contribution is -2.05. The van der Waals surface area contributed by atoms with Crippen molar-refractivity contribution in [1.29, 1.82) is 0 Å². The highest BCUT2D eigenvalue weighted by molar-refractivity contribution is 14.1. The van der Waals surface area contributed by atoms with Crippen LogP contribution >= 0.6 is 38.5 Å². The van der Waals surface area contributed by atoms with Gasteiger partial charge in [0.15, 0.2) is 0 Å². The first-order valence-corrected chi connectivity index (χ1v) is 7.44. The highest BCUT2D eigenvalue weighted by Crippen LogP contribution is 2.23. The summed E-state index contributed by atoms with van der Waals surface area (Å²) in [7, 11) is 0. The Kier molecular flexibility index (Phi) is 4.98. The van der Waals surface area contributed by atoms with Crippen molar-refractivity contribution in [2.24, 2.45) is 0 Å². The van der Waals surface area contributed by atoms with E-state index in [1.807, 2.05) is 22.6 Å². The molecular weight excluding hydrogens is 442 g/mol. The van der Waals surface area contributed by atoms with E-state index in [0.717, 1.165) is 3.57 Å². The summed E-state index contributed by atoms with van der Waals surface area (Å²) in [6, 6.07) is 9.45. The van der Waals surface area contributed by atoms with Crippen LogP contribution < -0.4 is 4.74 Å². The Labute approximate surface area is 137 Å². The van der Waals surface area contributed by atoms with Gasteiger partial charge in [-0.3, -0.25) is 0 Å². The van der Waals surface area contributed by atoms with Crippen LogP contribution in [0.25, 0.3) is 0 Å². The SMILES string of the molecule is O=C(O)c1cc(I)ccc1OCc1ccc(Br)cc1F. The zero-order valence-corrected chi connectivity index (χ0v) is 13.8. The number of halogens is 3. The summed E-state index contributed by atoms with van der Waals surface area (Å²) in [5.74, 6) is -1.25. The quantitative estimate of drug-likeness (QED) is 0.699. The van der Waals surface area contributed by atoms with Gasteiger partial charge >= 0.3 is 5.97 Å². The van der Waals surface area contributed by atoms with E-state index in [0.29, 0.717) is 10.0 Å². The van der Waals surface area contributed by atoms with Crippen molar-refractivity contribution in [2.45, 2.75) is 6.61 Å². The number of hydrogen-bond donors (Lipinski definition) is 1. The third kappa shape index (κ3) is 3.69. The Morgan fingerprint density at radius 3 is 2.70 bits per heavy atom. The summed E-state index contributed by atoms with van der Waals surface area (Å²) in [5.41, 5.74) is 0.428. The fourth-order valence-corrected chi connectivity index (χ4v) is 2.41. The average Bonchev–Trinajstić information content (AvgIpc) is 2.38. The maximum absolute atomic E-state index is 13.6. The molecule has 6 heteroatoms. The third-order valence-corrected chi connectivity index (χ3v) is 3.73. The van der Waals surface area contributed by atoms with Crippen LogP contribution in [0.3, 0.4) is 0 Å². The first-order chi connectivity index (χ1) is 9.47. The van der Waals surface area contributed by atoms with Crippen molar-refractivity contribution in [3.05, 3.63) is 61.4 Å². The molecule has 0 aliphatic heterocycles. The van der Waals surface area contributed by atoms with Gasteiger partial charge in [-0.1, -0.05) is 22.0 Å². The van der Waals surface area contributed by atoms with Crippen molar-refractivity contribution < 1.29 is 19.0 Å². The molecule has 1 N–H and O–H groups in total. The molecule has 2 aromatic carbocycles. The summed E-state index contributed by atoms with van der Waals surface area (Å²) < 4.78 is 20.5. The summed E-state index contributed by atoms with van der Waals surface area (Å²) in [6.07, 6.45) is 0. The normalized spacial score (nSPS) is 10.3. The smallest absolute Gasteiger partial charge is 0.339 e. The van der Waals surface area contributed by atoms with Gasteiger partial charge in [0.1, 0.15) is 23.7 Å². The van der Waals surface area contributed by atoms with Crippen LogP contribution in [-0.2, 0) is 6.61 Å². The van der Waals surface area contributed by atoms with Gasteiger partial charge < -0.3 is 9.84 Å². The van der Waals surface area contributed by atoms with Gasteiger partial charge in [0.05, 0.1) is 0 Å². The molecule has 0 aliphatic rings. The van der Waals surface area contributed by atoms with Crippen molar-refractivity contribution in [2.75, 3.05) is 0 Å². The lowest BCUT2D eigenvalue weighted by Gasteiger charge is -2.10. The number of carboxylic acid groups (broad SMARTS) is 1. The Hall–Kier alpha value is -1.15. The van der Waals surface area contributed by atoms with E-state index >= 15 is 0 Å². The number of carboxylic acids is 1. The monoisotopic (exact) mass is 450 g/mol. The topological polar surface area (TPSA) is 46.5 Å². The Morgan fingerprint density at radius 2 is 2.05 bits per heavy atom. The number of rotatable bonds is 4. The predicted octanol–water partition coefficient (Wildman–Crippen LogP) is 4.47. The largest absolute Gasteiger partial charge is 0.488 e. The summed E-state index contributed by atoms with van der Waals surface area (Å²) >= 11 is 5.19. The fourth-order valence-electron chi connectivity index (χ4n) is 1.59. The van der Waals surface area contributed by atoms with Crippen LogP contribution in [0.5, 0.6) is 5.75 Å². The lowest BCUT2D eigenvalue weighted by molar-refractivity contribution is 0.0691. The zero-order chi connectivity index (χ0) is 14.7. The molecule has 104 valence electrons. The number of aromatic carboxylic acids is 1. The minimum atomic E-state index is -1.07. The van der Waals surface area contributed by atoms with E-state index in [2.05, 4.69) is 15.9 Å². The van der Waals surface area contributed by atoms with E-state index in [9.17, 15) is 9.18 Å². The molecule has 0 saturated carbocycles. The Balaban J connectivity index is 2.20. The predicted molar refractivity (Wildman–Crippen MR) is 84.6 cm³/mol. The molecule has 2 aromatic rings. The number of benzene rings is 2. The highest BCUT2D eigenvalue weighted by atomic mass is 127. The minimum absolute atomic E-state index is 0.0278. The van der Waals surface area contributed by atoms with E-state index in [1.165, 1.54) is 12.1 Å². The summed E-state index contributed by atoms with van der Waals surface area (Å²) in [4.78, 5) is 11.1. The first-order valence-electron chi connectivity index (χ1n) is 5.57. The fraction of sp³-hybridized carbons (Fsp3) is 0.0714. The maximum Gasteiger partial charge on any atom is 0.339 e. The molecule has 0 bridgehead atoms. The van der Waals surface area contributed by atoms with Gasteiger partial charge in [-0.15, -0.1) is 0 Å². The zero-order valence-electron chi connectivity index (χ0n) is 10.1. The second-order valence-corrected chi connectivity index (χ2v) is 6.13. The molecule has 0 fully saturated rings. The molecule has 0 amide bonds. The Bertz CT molecular complexity index is 661. The van der Waals surface area contributed by atoms with Gasteiger partial charge in [0.25, 0.3) is 0 Å². The van der Waals surface area contributed by atoms with E-state index < -0.39 is 11.8 Å². The van der Waals surface area contributed by atoms with Gasteiger partial charge in [0, 0.05) is 13.6 Å². The molecule has 0 saturated heterocycles. The molecule has 0 aromatic heterocycles. The maximum atomic E-state index is 13.6. The van der Waals surface area contributed by atoms with Crippen LogP contribution in [0.2, 0.25) is 0 Å². The third-order valence-electron chi connectivity index (χ3n) is 2.57. The molecule has 3 nitrogen and oxygen atoms in total. The van der Waals surface area contributed by atoms with Gasteiger partial charge in [-0.05, 0) is 52.9 Å². The number of hydrogen-bond acceptors (Lipinski definition) is 2. The molecule has 0 spiro atoms. The van der Waals surface area contributed by atoms with Crippen molar-refractivity contribution >= 4 is 44.5 Å². The number of carbonyl (C=O) groups is 1. The van der Waals surface area contributed by atoms with Gasteiger partial charge in [-0.25, -0.2) is 9.18 Å². The molecule has 20 heavy (non-hydrogen) atoms. The van der Waals surface area contributed by atoms with E-state index in [1.54, 1.807) is 24.3 Å². The molecule has 2 rings (SSSR count). The van der Waals surface area contributed by atoms with Crippen LogP contribution in [0.4, 0.5) is 4.39 Å². The lowest BCUT2D eigenvalue weighted by atomic mass is 10.2. The average molecular weight is 451 g/mol. The Morgan fingerprint density at radius 1 is 1.30 bits per heavy atom. The molecule has 0 radical (unpaired) electrons. The van der Waals surface area contributed by atoms with Crippen LogP contribution in [0.1, 0.15) is 15.9 Å². The number of ether oxygens (including phenoxy) is 1. The minimum Gasteiger partial charge on any atom is -0.488 e. The molecular formula is C14H9BrFIO3. The standard InChI is InChI=1S/C14H9BrFIO3/c15-9-2-1-8(12(16)5-9)7-20-13-4-3-10(17)6-11(13)14(18)19/h1-6H,7H2,(H,18,19). The van der Waals surface area contributed by atoms with Gasteiger partial charge in [-0.2, -0.15) is 0 Å². The van der Waals surface area contributed by atoms with Gasteiger partial charge in [0.2, 0.25) is 0 Å². The molecule has 0 heterocycles. The van der Waals surface area contributed by atoms with Crippen molar-refractivity contribution in [3.8, 4) is 5.75 Å². The first kappa shape index (κ1) is 15.2. The molecule has 0 aliphatic carbocycles. The van der Waals surface area contributed by atoms with Crippen LogP contribution in [0.15, 0.2) is 40.9 Å². The molecule has 0 atom stereocenters. The second-order valence-electron chi connectivity index (χ2n) is 3.97. The van der Waals surface area contributed by atoms with Crippen molar-refractivity contribution in [1.82, 2.24) is 0 Å². The van der Waals surface area contributed by atoms with E-state index in [-0.39, 0.29) is 17.9 Å². The van der Waals surface area contributed by atoms with Crippen LogP contribution in [-0.4, -0.2) is 11.1 Å². The summed E-state index contributed by atoms with van der Waals surface area (Å²) in [6.45, 7) is -0.0278. The van der Waals surface area contributed by atoms with Crippen molar-refractivity contribution in [3.63, 3.8) is 0 Å². The summed E-state index contributed by atoms with van der Waals surface area (Å²) in [5, 5.41) is 9.11. The van der Waals surface area contributed by atoms with E-state index in [4.69, 9.17) is 9.84 Å². The second kappa shape index (κ2) is 6.53.